The number of amides is 1. The first-order valence-corrected chi connectivity index (χ1v) is 6.04. The predicted octanol–water partition coefficient (Wildman–Crippen LogP) is 0.633. The van der Waals surface area contributed by atoms with Gasteiger partial charge in [-0.25, -0.2) is 0 Å². The van der Waals surface area contributed by atoms with Crippen LogP contribution >= 0.6 is 0 Å². The van der Waals surface area contributed by atoms with Crippen molar-refractivity contribution >= 4 is 11.6 Å². The van der Waals surface area contributed by atoms with Crippen molar-refractivity contribution in [3.05, 3.63) is 23.8 Å². The van der Waals surface area contributed by atoms with Crippen LogP contribution in [0.5, 0.6) is 5.75 Å². The SMILES string of the molecule is CC1Oc2cc(C3(CN)COC3)ccc2NC1=O. The highest BCUT2D eigenvalue weighted by molar-refractivity contribution is 5.97. The van der Waals surface area contributed by atoms with Crippen LogP contribution in [-0.4, -0.2) is 31.8 Å². The maximum absolute atomic E-state index is 11.5. The first-order chi connectivity index (χ1) is 8.64. The van der Waals surface area contributed by atoms with Gasteiger partial charge in [0, 0.05) is 6.54 Å². The van der Waals surface area contributed by atoms with Gasteiger partial charge in [0.2, 0.25) is 0 Å². The van der Waals surface area contributed by atoms with Crippen LogP contribution in [0.3, 0.4) is 0 Å². The summed E-state index contributed by atoms with van der Waals surface area (Å²) >= 11 is 0. The molecule has 1 fully saturated rings. The summed E-state index contributed by atoms with van der Waals surface area (Å²) in [7, 11) is 0. The third-order valence-electron chi connectivity index (χ3n) is 3.67. The Morgan fingerprint density at radius 3 is 2.89 bits per heavy atom. The molecule has 2 aliphatic heterocycles. The number of nitrogens with two attached hydrogens (primary N) is 1. The van der Waals surface area contributed by atoms with Gasteiger partial charge in [-0.3, -0.25) is 4.79 Å². The summed E-state index contributed by atoms with van der Waals surface area (Å²) in [6.07, 6.45) is -0.459. The number of carbonyl (C=O) groups excluding carboxylic acids is 1. The fraction of sp³-hybridized carbons (Fsp3) is 0.462. The zero-order valence-electron chi connectivity index (χ0n) is 10.2. The Kier molecular flexibility index (Phi) is 2.53. The third-order valence-corrected chi connectivity index (χ3v) is 3.67. The number of anilines is 1. The average molecular weight is 248 g/mol. The number of carbonyl (C=O) groups is 1. The molecule has 1 aromatic rings. The van der Waals surface area contributed by atoms with Crippen LogP contribution in [0.15, 0.2) is 18.2 Å². The molecule has 3 rings (SSSR count). The van der Waals surface area contributed by atoms with Gasteiger partial charge in [0.05, 0.1) is 24.3 Å². The molecule has 96 valence electrons. The van der Waals surface area contributed by atoms with Crippen molar-refractivity contribution in [2.24, 2.45) is 5.73 Å². The van der Waals surface area contributed by atoms with E-state index in [1.54, 1.807) is 6.92 Å². The lowest BCUT2D eigenvalue weighted by Crippen LogP contribution is -2.52. The molecule has 18 heavy (non-hydrogen) atoms. The highest BCUT2D eigenvalue weighted by Gasteiger charge is 2.40. The summed E-state index contributed by atoms with van der Waals surface area (Å²) in [6, 6.07) is 5.80. The van der Waals surface area contributed by atoms with Crippen molar-refractivity contribution in [1.82, 2.24) is 0 Å². The van der Waals surface area contributed by atoms with E-state index < -0.39 is 6.10 Å². The van der Waals surface area contributed by atoms with E-state index in [9.17, 15) is 4.79 Å². The predicted molar refractivity (Wildman–Crippen MR) is 66.7 cm³/mol. The molecule has 1 atom stereocenters. The van der Waals surface area contributed by atoms with Crippen LogP contribution in [0, 0.1) is 0 Å². The smallest absolute Gasteiger partial charge is 0.265 e. The molecule has 2 heterocycles. The van der Waals surface area contributed by atoms with E-state index in [4.69, 9.17) is 15.2 Å². The molecular weight excluding hydrogens is 232 g/mol. The van der Waals surface area contributed by atoms with Gasteiger partial charge in [-0.1, -0.05) is 6.07 Å². The van der Waals surface area contributed by atoms with Crippen molar-refractivity contribution in [2.45, 2.75) is 18.4 Å². The normalized spacial score (nSPS) is 24.6. The average Bonchev–Trinajstić information content (AvgIpc) is 2.30. The molecule has 0 aromatic heterocycles. The summed E-state index contributed by atoms with van der Waals surface area (Å²) in [5.74, 6) is 0.593. The van der Waals surface area contributed by atoms with E-state index in [0.29, 0.717) is 31.2 Å². The van der Waals surface area contributed by atoms with Crippen molar-refractivity contribution in [1.29, 1.82) is 0 Å². The second kappa shape index (κ2) is 3.96. The number of hydrogen-bond acceptors (Lipinski definition) is 4. The number of ether oxygens (including phenoxy) is 2. The number of nitrogens with one attached hydrogen (secondary N) is 1. The summed E-state index contributed by atoms with van der Waals surface area (Å²) in [4.78, 5) is 11.5. The van der Waals surface area contributed by atoms with Gasteiger partial charge in [-0.05, 0) is 24.6 Å². The second-order valence-corrected chi connectivity index (χ2v) is 4.94. The number of benzene rings is 1. The molecule has 5 heteroatoms. The van der Waals surface area contributed by atoms with E-state index in [-0.39, 0.29) is 11.3 Å². The zero-order valence-corrected chi connectivity index (χ0v) is 10.2. The first-order valence-electron chi connectivity index (χ1n) is 6.04. The largest absolute Gasteiger partial charge is 0.479 e. The van der Waals surface area contributed by atoms with Crippen LogP contribution in [-0.2, 0) is 14.9 Å². The molecule has 0 saturated carbocycles. The maximum atomic E-state index is 11.5. The van der Waals surface area contributed by atoms with Crippen molar-refractivity contribution in [2.75, 3.05) is 25.1 Å². The van der Waals surface area contributed by atoms with Crippen LogP contribution in [0.25, 0.3) is 0 Å². The maximum Gasteiger partial charge on any atom is 0.265 e. The minimum atomic E-state index is -0.459. The second-order valence-electron chi connectivity index (χ2n) is 4.94. The highest BCUT2D eigenvalue weighted by atomic mass is 16.5. The van der Waals surface area contributed by atoms with Gasteiger partial charge < -0.3 is 20.5 Å². The molecule has 1 aromatic carbocycles. The van der Waals surface area contributed by atoms with Crippen LogP contribution in [0.4, 0.5) is 5.69 Å². The Labute approximate surface area is 105 Å². The minimum Gasteiger partial charge on any atom is -0.479 e. The molecule has 1 amide bonds. The Balaban J connectivity index is 1.96. The lowest BCUT2D eigenvalue weighted by Gasteiger charge is -2.41. The quantitative estimate of drug-likeness (QED) is 0.805. The third kappa shape index (κ3) is 1.59. The standard InChI is InChI=1S/C13H16N2O3/c1-8-12(16)15-10-3-2-9(4-11(10)18-8)13(5-14)6-17-7-13/h2-4,8H,5-7,14H2,1H3,(H,15,16). The van der Waals surface area contributed by atoms with E-state index in [2.05, 4.69) is 5.32 Å². The zero-order chi connectivity index (χ0) is 12.8. The van der Waals surface area contributed by atoms with Crippen LogP contribution in [0.2, 0.25) is 0 Å². The Morgan fingerprint density at radius 2 is 2.28 bits per heavy atom. The summed E-state index contributed by atoms with van der Waals surface area (Å²) in [5, 5.41) is 2.82. The summed E-state index contributed by atoms with van der Waals surface area (Å²) in [6.45, 7) is 3.57. The summed E-state index contributed by atoms with van der Waals surface area (Å²) in [5.41, 5.74) is 7.57. The molecule has 0 spiro atoms. The van der Waals surface area contributed by atoms with Gasteiger partial charge in [-0.2, -0.15) is 0 Å². The molecule has 0 aliphatic carbocycles. The van der Waals surface area contributed by atoms with Gasteiger partial charge >= 0.3 is 0 Å². The molecule has 5 nitrogen and oxygen atoms in total. The van der Waals surface area contributed by atoms with Crippen LogP contribution in [0.1, 0.15) is 12.5 Å². The van der Waals surface area contributed by atoms with E-state index in [1.807, 2.05) is 18.2 Å². The number of hydrogen-bond donors (Lipinski definition) is 2. The van der Waals surface area contributed by atoms with Gasteiger partial charge in [0.1, 0.15) is 5.75 Å². The Bertz CT molecular complexity index is 491. The molecule has 0 radical (unpaired) electrons. The topological polar surface area (TPSA) is 73.6 Å². The lowest BCUT2D eigenvalue weighted by molar-refractivity contribution is -0.122. The fourth-order valence-corrected chi connectivity index (χ4v) is 2.28. The van der Waals surface area contributed by atoms with Gasteiger partial charge in [0.25, 0.3) is 5.91 Å². The first kappa shape index (κ1) is 11.5. The summed E-state index contributed by atoms with van der Waals surface area (Å²) < 4.78 is 10.9. The molecule has 1 saturated heterocycles. The highest BCUT2D eigenvalue weighted by Crippen LogP contribution is 2.37. The van der Waals surface area contributed by atoms with Crippen molar-refractivity contribution in [3.8, 4) is 5.75 Å². The van der Waals surface area contributed by atoms with Gasteiger partial charge in [-0.15, -0.1) is 0 Å². The van der Waals surface area contributed by atoms with E-state index in [1.165, 1.54) is 0 Å². The van der Waals surface area contributed by atoms with Crippen molar-refractivity contribution < 1.29 is 14.3 Å². The fourth-order valence-electron chi connectivity index (χ4n) is 2.28. The number of rotatable bonds is 2. The van der Waals surface area contributed by atoms with E-state index in [0.717, 1.165) is 5.56 Å². The number of fused-ring (bicyclic) bond motifs is 1. The molecule has 0 bridgehead atoms. The molecule has 2 aliphatic rings. The molecule has 1 unspecified atom stereocenters. The Hall–Kier alpha value is -1.59. The monoisotopic (exact) mass is 248 g/mol. The van der Waals surface area contributed by atoms with Gasteiger partial charge in [0.15, 0.2) is 6.10 Å². The van der Waals surface area contributed by atoms with E-state index >= 15 is 0 Å². The minimum absolute atomic E-state index is 0.0942. The van der Waals surface area contributed by atoms with Crippen LogP contribution < -0.4 is 15.8 Å². The Morgan fingerprint density at radius 1 is 1.50 bits per heavy atom. The molecule has 3 N–H and O–H groups in total. The van der Waals surface area contributed by atoms with Crippen molar-refractivity contribution in [3.63, 3.8) is 0 Å². The molecular formula is C13H16N2O3. The lowest BCUT2D eigenvalue weighted by atomic mass is 9.78.